The molecule has 1 atom stereocenters. The third-order valence-corrected chi connectivity index (χ3v) is 4.48. The summed E-state index contributed by atoms with van der Waals surface area (Å²) in [6.07, 6.45) is 0.218. The van der Waals surface area contributed by atoms with Crippen molar-refractivity contribution in [3.05, 3.63) is 54.1 Å². The topological polar surface area (TPSA) is 67.9 Å². The summed E-state index contributed by atoms with van der Waals surface area (Å²) < 4.78 is 10.3. The maximum Gasteiger partial charge on any atom is 0.227 e. The third-order valence-electron chi connectivity index (χ3n) is 4.48. The standard InChI is InChI=1S/C20H22N2O4/c1-25-17-8-6-16(7-9-17)22-13-15(11-19(22)23)20(24)21-12-14-4-3-5-18(10-14)26-2/h3-10,15H,11-13H2,1-2H3,(H,21,24)/t15-/m1/s1. The highest BCUT2D eigenvalue weighted by Gasteiger charge is 2.34. The van der Waals surface area contributed by atoms with Crippen LogP contribution in [0.5, 0.6) is 11.5 Å². The van der Waals surface area contributed by atoms with Crippen LogP contribution in [0.25, 0.3) is 0 Å². The Hall–Kier alpha value is -3.02. The smallest absolute Gasteiger partial charge is 0.227 e. The van der Waals surface area contributed by atoms with Gasteiger partial charge in [0, 0.05) is 25.2 Å². The quantitative estimate of drug-likeness (QED) is 0.865. The summed E-state index contributed by atoms with van der Waals surface area (Å²) in [7, 11) is 3.20. The van der Waals surface area contributed by atoms with Crippen molar-refractivity contribution in [2.45, 2.75) is 13.0 Å². The molecule has 3 rings (SSSR count). The lowest BCUT2D eigenvalue weighted by Crippen LogP contribution is -2.32. The number of amides is 2. The van der Waals surface area contributed by atoms with E-state index in [0.717, 1.165) is 22.7 Å². The molecule has 2 aromatic rings. The summed E-state index contributed by atoms with van der Waals surface area (Å²) in [4.78, 5) is 26.4. The number of rotatable bonds is 6. The number of nitrogens with one attached hydrogen (secondary N) is 1. The molecular formula is C20H22N2O4. The zero-order chi connectivity index (χ0) is 18.5. The Morgan fingerprint density at radius 2 is 1.85 bits per heavy atom. The number of methoxy groups -OCH3 is 2. The monoisotopic (exact) mass is 354 g/mol. The first-order valence-corrected chi connectivity index (χ1v) is 8.46. The van der Waals surface area contributed by atoms with E-state index in [1.807, 2.05) is 36.4 Å². The molecular weight excluding hydrogens is 332 g/mol. The average Bonchev–Trinajstić information content (AvgIpc) is 3.08. The lowest BCUT2D eigenvalue weighted by molar-refractivity contribution is -0.126. The Morgan fingerprint density at radius 3 is 2.54 bits per heavy atom. The SMILES string of the molecule is COc1ccc(N2C[C@H](C(=O)NCc3cccc(OC)c3)CC2=O)cc1. The normalized spacial score (nSPS) is 16.5. The molecule has 1 aliphatic heterocycles. The second-order valence-electron chi connectivity index (χ2n) is 6.17. The van der Waals surface area contributed by atoms with Crippen LogP contribution in [0.1, 0.15) is 12.0 Å². The fourth-order valence-corrected chi connectivity index (χ4v) is 3.01. The van der Waals surface area contributed by atoms with Gasteiger partial charge in [0.25, 0.3) is 0 Å². The number of anilines is 1. The van der Waals surface area contributed by atoms with Gasteiger partial charge in [-0.15, -0.1) is 0 Å². The second-order valence-corrected chi connectivity index (χ2v) is 6.17. The van der Waals surface area contributed by atoms with E-state index < -0.39 is 0 Å². The van der Waals surface area contributed by atoms with Crippen LogP contribution < -0.4 is 19.7 Å². The first-order valence-electron chi connectivity index (χ1n) is 8.46. The number of hydrogen-bond donors (Lipinski definition) is 1. The fourth-order valence-electron chi connectivity index (χ4n) is 3.01. The molecule has 0 spiro atoms. The van der Waals surface area contributed by atoms with Gasteiger partial charge in [-0.25, -0.2) is 0 Å². The largest absolute Gasteiger partial charge is 0.497 e. The minimum Gasteiger partial charge on any atom is -0.497 e. The molecule has 2 aromatic carbocycles. The molecule has 1 aliphatic rings. The van der Waals surface area contributed by atoms with Gasteiger partial charge in [-0.3, -0.25) is 9.59 Å². The highest BCUT2D eigenvalue weighted by Crippen LogP contribution is 2.27. The molecule has 1 fully saturated rings. The van der Waals surface area contributed by atoms with Crippen molar-refractivity contribution in [3.63, 3.8) is 0 Å². The van der Waals surface area contributed by atoms with Crippen LogP contribution in [0.15, 0.2) is 48.5 Å². The van der Waals surface area contributed by atoms with E-state index in [1.54, 1.807) is 31.3 Å². The van der Waals surface area contributed by atoms with E-state index in [2.05, 4.69) is 5.32 Å². The van der Waals surface area contributed by atoms with Gasteiger partial charge in [0.05, 0.1) is 20.1 Å². The van der Waals surface area contributed by atoms with Gasteiger partial charge in [-0.1, -0.05) is 12.1 Å². The van der Waals surface area contributed by atoms with Crippen molar-refractivity contribution in [3.8, 4) is 11.5 Å². The van der Waals surface area contributed by atoms with Gasteiger partial charge in [-0.05, 0) is 42.0 Å². The molecule has 0 aromatic heterocycles. The minimum absolute atomic E-state index is 0.0447. The van der Waals surface area contributed by atoms with E-state index >= 15 is 0 Å². The van der Waals surface area contributed by atoms with Gasteiger partial charge in [0.1, 0.15) is 11.5 Å². The predicted octanol–water partition coefficient (Wildman–Crippen LogP) is 2.37. The first-order chi connectivity index (χ1) is 12.6. The Labute approximate surface area is 152 Å². The number of hydrogen-bond acceptors (Lipinski definition) is 4. The Kier molecular flexibility index (Phi) is 5.41. The van der Waals surface area contributed by atoms with Crippen molar-refractivity contribution in [2.24, 2.45) is 5.92 Å². The molecule has 0 aliphatic carbocycles. The van der Waals surface area contributed by atoms with Gasteiger partial charge in [0.15, 0.2) is 0 Å². The highest BCUT2D eigenvalue weighted by molar-refractivity contribution is 6.00. The molecule has 6 heteroatoms. The number of carbonyl (C=O) groups excluding carboxylic acids is 2. The van der Waals surface area contributed by atoms with Crippen LogP contribution in [0.3, 0.4) is 0 Å². The summed E-state index contributed by atoms with van der Waals surface area (Å²) >= 11 is 0. The van der Waals surface area contributed by atoms with Gasteiger partial charge >= 0.3 is 0 Å². The molecule has 1 heterocycles. The molecule has 6 nitrogen and oxygen atoms in total. The molecule has 0 radical (unpaired) electrons. The Balaban J connectivity index is 1.59. The summed E-state index contributed by atoms with van der Waals surface area (Å²) in [6, 6.07) is 14.8. The van der Waals surface area contributed by atoms with Crippen LogP contribution in [-0.4, -0.2) is 32.6 Å². The molecule has 136 valence electrons. The molecule has 0 saturated carbocycles. The van der Waals surface area contributed by atoms with Crippen LogP contribution in [0, 0.1) is 5.92 Å². The van der Waals surface area contributed by atoms with Crippen molar-refractivity contribution in [2.75, 3.05) is 25.7 Å². The summed E-state index contributed by atoms with van der Waals surface area (Å²) in [5, 5.41) is 2.91. The van der Waals surface area contributed by atoms with Crippen molar-refractivity contribution < 1.29 is 19.1 Å². The summed E-state index contributed by atoms with van der Waals surface area (Å²) in [6.45, 7) is 0.790. The zero-order valence-corrected chi connectivity index (χ0v) is 14.9. The molecule has 2 amide bonds. The van der Waals surface area contributed by atoms with Crippen molar-refractivity contribution >= 4 is 17.5 Å². The van der Waals surface area contributed by atoms with E-state index in [-0.39, 0.29) is 24.2 Å². The van der Waals surface area contributed by atoms with Crippen LogP contribution in [0.4, 0.5) is 5.69 Å². The summed E-state index contributed by atoms with van der Waals surface area (Å²) in [5.41, 5.74) is 1.73. The van der Waals surface area contributed by atoms with Crippen LogP contribution in [-0.2, 0) is 16.1 Å². The second kappa shape index (κ2) is 7.91. The Morgan fingerprint density at radius 1 is 1.12 bits per heavy atom. The maximum atomic E-state index is 12.5. The van der Waals surface area contributed by atoms with Crippen molar-refractivity contribution in [1.29, 1.82) is 0 Å². The predicted molar refractivity (Wildman–Crippen MR) is 98.3 cm³/mol. The minimum atomic E-state index is -0.352. The van der Waals surface area contributed by atoms with Gasteiger partial charge < -0.3 is 19.7 Å². The molecule has 1 saturated heterocycles. The van der Waals surface area contributed by atoms with E-state index in [1.165, 1.54) is 0 Å². The van der Waals surface area contributed by atoms with E-state index in [0.29, 0.717) is 13.1 Å². The van der Waals surface area contributed by atoms with Crippen LogP contribution >= 0.6 is 0 Å². The summed E-state index contributed by atoms with van der Waals surface area (Å²) in [5.74, 6) is 0.968. The van der Waals surface area contributed by atoms with Gasteiger partial charge in [0.2, 0.25) is 11.8 Å². The first kappa shape index (κ1) is 17.8. The van der Waals surface area contributed by atoms with Crippen LogP contribution in [0.2, 0.25) is 0 Å². The number of nitrogens with zero attached hydrogens (tertiary/aromatic N) is 1. The zero-order valence-electron chi connectivity index (χ0n) is 14.9. The average molecular weight is 354 g/mol. The maximum absolute atomic E-state index is 12.5. The Bertz CT molecular complexity index is 789. The van der Waals surface area contributed by atoms with Crippen molar-refractivity contribution in [1.82, 2.24) is 5.32 Å². The van der Waals surface area contributed by atoms with Gasteiger partial charge in [-0.2, -0.15) is 0 Å². The lowest BCUT2D eigenvalue weighted by Gasteiger charge is -2.17. The van der Waals surface area contributed by atoms with E-state index in [9.17, 15) is 9.59 Å². The molecule has 1 N–H and O–H groups in total. The van der Waals surface area contributed by atoms with E-state index in [4.69, 9.17) is 9.47 Å². The highest BCUT2D eigenvalue weighted by atomic mass is 16.5. The molecule has 0 bridgehead atoms. The number of ether oxygens (including phenoxy) is 2. The number of carbonyl (C=O) groups is 2. The fraction of sp³-hybridized carbons (Fsp3) is 0.300. The molecule has 26 heavy (non-hydrogen) atoms. The lowest BCUT2D eigenvalue weighted by atomic mass is 10.1. The third kappa shape index (κ3) is 3.96. The molecule has 0 unspecified atom stereocenters. The number of benzene rings is 2.